The second-order valence-corrected chi connectivity index (χ2v) is 4.68. The maximum atomic E-state index is 11.0. The number of unbranched alkanes of at least 4 members (excludes halogenated alkanes) is 1. The van der Waals surface area contributed by atoms with Gasteiger partial charge in [-0.15, -0.1) is 0 Å². The van der Waals surface area contributed by atoms with Crippen molar-refractivity contribution in [3.05, 3.63) is 29.8 Å². The van der Waals surface area contributed by atoms with Crippen LogP contribution in [0.4, 0.5) is 0 Å². The predicted octanol–water partition coefficient (Wildman–Crippen LogP) is 1.54. The first-order chi connectivity index (χ1) is 7.05. The van der Waals surface area contributed by atoms with Crippen molar-refractivity contribution < 1.29 is 13.0 Å². The van der Waals surface area contributed by atoms with Crippen LogP contribution in [0, 0.1) is 0 Å². The molecule has 5 heteroatoms. The molecule has 0 aliphatic rings. The number of nitrogens with one attached hydrogen (secondary N) is 1. The van der Waals surface area contributed by atoms with Crippen LogP contribution in [0.15, 0.2) is 29.2 Å². The molecule has 0 atom stereocenters. The largest absolute Gasteiger partial charge is 0.294 e. The molecule has 0 aliphatic carbocycles. The van der Waals surface area contributed by atoms with Gasteiger partial charge in [0.25, 0.3) is 10.1 Å². The lowest BCUT2D eigenvalue weighted by Gasteiger charge is -2.05. The van der Waals surface area contributed by atoms with Crippen LogP contribution in [0.1, 0.15) is 18.4 Å². The molecule has 0 amide bonds. The van der Waals surface area contributed by atoms with Gasteiger partial charge in [-0.05, 0) is 30.9 Å². The normalized spacial score (nSPS) is 11.6. The topological polar surface area (TPSA) is 78.2 Å². The Hall–Kier alpha value is -0.910. The summed E-state index contributed by atoms with van der Waals surface area (Å²) in [5, 5.41) is 0. The van der Waals surface area contributed by atoms with E-state index in [1.165, 1.54) is 6.07 Å². The molecule has 15 heavy (non-hydrogen) atoms. The molecule has 0 aliphatic heterocycles. The maximum absolute atomic E-state index is 11.0. The smallest absolute Gasteiger partial charge is 0.282 e. The summed E-state index contributed by atoms with van der Waals surface area (Å²) >= 11 is 0. The van der Waals surface area contributed by atoms with Crippen molar-refractivity contribution in [2.45, 2.75) is 24.2 Å². The van der Waals surface area contributed by atoms with Crippen LogP contribution < -0.4 is 5.73 Å². The standard InChI is InChI=1S/C10H14NO3S/c11-8-4-3-6-9-5-1-2-7-10(9)15(12,13)14/h1-2,5,7,11H,3-4,6,8H2,(H,12,13,14). The quantitative estimate of drug-likeness (QED) is 0.613. The van der Waals surface area contributed by atoms with Crippen molar-refractivity contribution in [3.63, 3.8) is 0 Å². The van der Waals surface area contributed by atoms with E-state index < -0.39 is 10.1 Å². The van der Waals surface area contributed by atoms with Crippen LogP contribution in [0.5, 0.6) is 0 Å². The van der Waals surface area contributed by atoms with E-state index in [4.69, 9.17) is 10.3 Å². The minimum Gasteiger partial charge on any atom is -0.282 e. The summed E-state index contributed by atoms with van der Waals surface area (Å²) in [4.78, 5) is -0.0185. The van der Waals surface area contributed by atoms with Crippen LogP contribution in [0.2, 0.25) is 0 Å². The van der Waals surface area contributed by atoms with E-state index in [0.29, 0.717) is 18.5 Å². The first kappa shape index (κ1) is 12.2. The molecule has 1 rings (SSSR count). The van der Waals surface area contributed by atoms with E-state index in [9.17, 15) is 8.42 Å². The third-order valence-electron chi connectivity index (χ3n) is 2.12. The van der Waals surface area contributed by atoms with Gasteiger partial charge in [-0.3, -0.25) is 10.3 Å². The summed E-state index contributed by atoms with van der Waals surface area (Å²) in [5.74, 6) is 0. The van der Waals surface area contributed by atoms with E-state index in [1.807, 2.05) is 0 Å². The molecule has 0 unspecified atom stereocenters. The van der Waals surface area contributed by atoms with Gasteiger partial charge in [-0.1, -0.05) is 18.2 Å². The first-order valence-corrected chi connectivity index (χ1v) is 6.19. The number of benzene rings is 1. The lowest BCUT2D eigenvalue weighted by molar-refractivity contribution is 0.482. The van der Waals surface area contributed by atoms with Gasteiger partial charge in [-0.25, -0.2) is 0 Å². The van der Waals surface area contributed by atoms with Crippen molar-refractivity contribution in [2.24, 2.45) is 0 Å². The van der Waals surface area contributed by atoms with Crippen molar-refractivity contribution in [1.29, 1.82) is 0 Å². The molecule has 2 N–H and O–H groups in total. The molecule has 0 heterocycles. The van der Waals surface area contributed by atoms with Crippen LogP contribution in [-0.2, 0) is 16.5 Å². The molecule has 1 radical (unpaired) electrons. The average molecular weight is 228 g/mol. The zero-order valence-corrected chi connectivity index (χ0v) is 9.13. The maximum Gasteiger partial charge on any atom is 0.294 e. The molecule has 0 saturated carbocycles. The average Bonchev–Trinajstić information content (AvgIpc) is 2.17. The summed E-state index contributed by atoms with van der Waals surface area (Å²) in [5.41, 5.74) is 7.60. The lowest BCUT2D eigenvalue weighted by Crippen LogP contribution is -2.03. The monoisotopic (exact) mass is 228 g/mol. The van der Waals surface area contributed by atoms with Gasteiger partial charge in [-0.2, -0.15) is 8.42 Å². The van der Waals surface area contributed by atoms with Gasteiger partial charge in [0.2, 0.25) is 0 Å². The molecule has 83 valence electrons. The summed E-state index contributed by atoms with van der Waals surface area (Å²) in [6.45, 7) is 0.341. The number of aryl methyl sites for hydroxylation is 1. The Kier molecular flexibility index (Phi) is 4.26. The second-order valence-electron chi connectivity index (χ2n) is 3.29. The fraction of sp³-hybridized carbons (Fsp3) is 0.400. The minimum absolute atomic E-state index is 0.0185. The number of hydrogen-bond donors (Lipinski definition) is 1. The van der Waals surface area contributed by atoms with Crippen LogP contribution in [0.3, 0.4) is 0 Å². The zero-order chi connectivity index (χ0) is 11.3. The highest BCUT2D eigenvalue weighted by Crippen LogP contribution is 2.16. The molecule has 0 bridgehead atoms. The summed E-state index contributed by atoms with van der Waals surface area (Å²) in [6, 6.07) is 6.40. The van der Waals surface area contributed by atoms with Crippen LogP contribution >= 0.6 is 0 Å². The van der Waals surface area contributed by atoms with Gasteiger partial charge in [0.05, 0.1) is 4.90 Å². The Bertz CT molecular complexity index is 414. The molecular weight excluding hydrogens is 214 g/mol. The van der Waals surface area contributed by atoms with E-state index in [1.54, 1.807) is 18.2 Å². The predicted molar refractivity (Wildman–Crippen MR) is 57.2 cm³/mol. The van der Waals surface area contributed by atoms with Gasteiger partial charge in [0, 0.05) is 6.54 Å². The van der Waals surface area contributed by atoms with E-state index >= 15 is 0 Å². The van der Waals surface area contributed by atoms with Gasteiger partial charge < -0.3 is 0 Å². The SMILES string of the molecule is [NH]CCCCc1ccccc1S(=O)(=O)O. The zero-order valence-electron chi connectivity index (χ0n) is 8.31. The van der Waals surface area contributed by atoms with E-state index in [0.717, 1.165) is 12.8 Å². The summed E-state index contributed by atoms with van der Waals surface area (Å²) < 4.78 is 31.0. The van der Waals surface area contributed by atoms with Crippen molar-refractivity contribution in [2.75, 3.05) is 6.54 Å². The fourth-order valence-corrected chi connectivity index (χ4v) is 2.15. The first-order valence-electron chi connectivity index (χ1n) is 4.75. The molecule has 0 spiro atoms. The summed E-state index contributed by atoms with van der Waals surface area (Å²) in [7, 11) is -4.12. The van der Waals surface area contributed by atoms with Crippen LogP contribution in [0.25, 0.3) is 0 Å². The van der Waals surface area contributed by atoms with E-state index in [-0.39, 0.29) is 4.90 Å². The van der Waals surface area contributed by atoms with Gasteiger partial charge >= 0.3 is 0 Å². The lowest BCUT2D eigenvalue weighted by atomic mass is 10.1. The minimum atomic E-state index is -4.12. The Morgan fingerprint density at radius 1 is 1.20 bits per heavy atom. The number of rotatable bonds is 5. The highest BCUT2D eigenvalue weighted by atomic mass is 32.2. The molecule has 0 saturated heterocycles. The summed E-state index contributed by atoms with van der Waals surface area (Å²) in [6.07, 6.45) is 2.07. The molecule has 1 aromatic rings. The van der Waals surface area contributed by atoms with Crippen molar-refractivity contribution >= 4 is 10.1 Å². The van der Waals surface area contributed by atoms with Gasteiger partial charge in [0.1, 0.15) is 0 Å². The second kappa shape index (κ2) is 5.25. The Morgan fingerprint density at radius 2 is 1.87 bits per heavy atom. The third-order valence-corrected chi connectivity index (χ3v) is 3.08. The highest BCUT2D eigenvalue weighted by molar-refractivity contribution is 7.85. The van der Waals surface area contributed by atoms with Crippen molar-refractivity contribution in [1.82, 2.24) is 5.73 Å². The van der Waals surface area contributed by atoms with E-state index in [2.05, 4.69) is 0 Å². The Labute approximate surface area is 89.9 Å². The molecule has 0 aromatic heterocycles. The molecule has 1 aromatic carbocycles. The highest BCUT2D eigenvalue weighted by Gasteiger charge is 2.13. The van der Waals surface area contributed by atoms with Crippen LogP contribution in [-0.4, -0.2) is 19.5 Å². The molecule has 0 fully saturated rings. The fourth-order valence-electron chi connectivity index (χ4n) is 1.40. The Balaban J connectivity index is 2.88. The third kappa shape index (κ3) is 3.62. The van der Waals surface area contributed by atoms with Gasteiger partial charge in [0.15, 0.2) is 0 Å². The van der Waals surface area contributed by atoms with Crippen molar-refractivity contribution in [3.8, 4) is 0 Å². The Morgan fingerprint density at radius 3 is 2.47 bits per heavy atom. The molecule has 4 nitrogen and oxygen atoms in total. The molecular formula is C10H14NO3S. The number of hydrogen-bond acceptors (Lipinski definition) is 2.